The van der Waals surface area contributed by atoms with Crippen LogP contribution in [0, 0.1) is 10.1 Å². The van der Waals surface area contributed by atoms with Crippen molar-refractivity contribution in [3.8, 4) is 17.2 Å². The minimum absolute atomic E-state index is 0.0646. The van der Waals surface area contributed by atoms with Crippen LogP contribution in [0.4, 0.5) is 13.2 Å². The van der Waals surface area contributed by atoms with Crippen molar-refractivity contribution >= 4 is 17.6 Å². The highest BCUT2D eigenvalue weighted by atomic mass is 35.5. The topological polar surface area (TPSA) is 87.9 Å². The predicted molar refractivity (Wildman–Crippen MR) is 91.0 cm³/mol. The molecule has 2 aromatic carbocycles. The van der Waals surface area contributed by atoms with Gasteiger partial charge in [-0.3, -0.25) is 10.1 Å². The van der Waals surface area contributed by atoms with Gasteiger partial charge in [0.2, 0.25) is 0 Å². The number of benzene rings is 2. The number of halogens is 4. The van der Waals surface area contributed by atoms with Crippen molar-refractivity contribution in [2.75, 3.05) is 7.11 Å². The van der Waals surface area contributed by atoms with Crippen LogP contribution in [0.3, 0.4) is 0 Å². The van der Waals surface area contributed by atoms with E-state index in [0.717, 1.165) is 26.2 Å². The van der Waals surface area contributed by atoms with Crippen LogP contribution >= 0.6 is 11.6 Å². The predicted octanol–water partition coefficient (Wildman–Crippen LogP) is 4.70. The summed E-state index contributed by atoms with van der Waals surface area (Å²) in [5.74, 6) is -1.34. The minimum atomic E-state index is -4.56. The van der Waals surface area contributed by atoms with Gasteiger partial charge in [-0.25, -0.2) is 4.79 Å². The molecule has 0 heterocycles. The third kappa shape index (κ3) is 4.63. The van der Waals surface area contributed by atoms with Crippen molar-refractivity contribution < 1.29 is 37.1 Å². The normalized spacial score (nSPS) is 13.4. The zero-order valence-corrected chi connectivity index (χ0v) is 15.2. The largest absolute Gasteiger partial charge is 0.461 e. The van der Waals surface area contributed by atoms with Crippen LogP contribution < -0.4 is 9.47 Å². The lowest BCUT2D eigenvalue weighted by Crippen LogP contribution is -2.49. The molecule has 0 aliphatic carbocycles. The Balaban J connectivity index is 2.27. The highest BCUT2D eigenvalue weighted by Crippen LogP contribution is 2.37. The Morgan fingerprint density at radius 3 is 2.32 bits per heavy atom. The van der Waals surface area contributed by atoms with Gasteiger partial charge in [-0.1, -0.05) is 17.7 Å². The summed E-state index contributed by atoms with van der Waals surface area (Å²) in [6, 6.07) is 7.89. The number of nitro groups is 1. The smallest absolute Gasteiger partial charge is 0.458 e. The van der Waals surface area contributed by atoms with Crippen molar-refractivity contribution in [2.45, 2.75) is 18.8 Å². The fourth-order valence-electron chi connectivity index (χ4n) is 2.06. The van der Waals surface area contributed by atoms with E-state index in [9.17, 15) is 28.1 Å². The molecule has 0 amide bonds. The number of carbonyl (C=O) groups is 1. The lowest BCUT2D eigenvalue weighted by Gasteiger charge is -2.19. The van der Waals surface area contributed by atoms with Crippen LogP contribution in [0.5, 0.6) is 17.2 Å². The number of esters is 1. The molecule has 7 nitrogen and oxygen atoms in total. The Bertz CT molecular complexity index is 905. The maximum atomic E-state index is 12.7. The number of ether oxygens (including phenoxy) is 3. The van der Waals surface area contributed by atoms with E-state index in [4.69, 9.17) is 21.1 Å². The molecule has 0 aliphatic rings. The first kappa shape index (κ1) is 21.3. The molecule has 0 N–H and O–H groups in total. The van der Waals surface area contributed by atoms with E-state index in [0.29, 0.717) is 6.07 Å². The quantitative estimate of drug-likeness (QED) is 0.292. The van der Waals surface area contributed by atoms with E-state index in [1.807, 2.05) is 0 Å². The average Bonchev–Trinajstić information content (AvgIpc) is 2.61. The van der Waals surface area contributed by atoms with Gasteiger partial charge >= 0.3 is 17.9 Å². The lowest BCUT2D eigenvalue weighted by atomic mass is 10.2. The Labute approximate surface area is 161 Å². The first-order chi connectivity index (χ1) is 13.0. The summed E-state index contributed by atoms with van der Waals surface area (Å²) < 4.78 is 53.0. The molecule has 150 valence electrons. The Morgan fingerprint density at radius 1 is 1.14 bits per heavy atom. The zero-order chi connectivity index (χ0) is 21.1. The second-order valence-corrected chi connectivity index (χ2v) is 5.96. The molecule has 0 saturated heterocycles. The van der Waals surface area contributed by atoms with Crippen molar-refractivity contribution in [3.63, 3.8) is 0 Å². The van der Waals surface area contributed by atoms with Gasteiger partial charge in [-0.05, 0) is 30.3 Å². The van der Waals surface area contributed by atoms with E-state index in [1.165, 1.54) is 24.3 Å². The molecule has 0 spiro atoms. The second kappa shape index (κ2) is 7.93. The fourth-order valence-corrected chi connectivity index (χ4v) is 2.28. The number of rotatable bonds is 6. The van der Waals surface area contributed by atoms with Crippen LogP contribution in [-0.2, 0) is 15.7 Å². The molecular weight excluding hydrogens is 407 g/mol. The molecule has 2 rings (SSSR count). The molecule has 28 heavy (non-hydrogen) atoms. The summed E-state index contributed by atoms with van der Waals surface area (Å²) in [7, 11) is 0.972. The van der Waals surface area contributed by atoms with Crippen LogP contribution in [0.15, 0.2) is 42.5 Å². The second-order valence-electron chi connectivity index (χ2n) is 5.55. The van der Waals surface area contributed by atoms with Crippen molar-refractivity contribution in [2.24, 2.45) is 0 Å². The van der Waals surface area contributed by atoms with Crippen molar-refractivity contribution in [3.05, 3.63) is 63.2 Å². The van der Waals surface area contributed by atoms with Gasteiger partial charge in [0, 0.05) is 6.07 Å². The van der Waals surface area contributed by atoms with E-state index >= 15 is 0 Å². The molecule has 0 aliphatic heterocycles. The van der Waals surface area contributed by atoms with Crippen LogP contribution in [0.2, 0.25) is 5.02 Å². The number of nitrogens with zero attached hydrogens (tertiary/aromatic N) is 1. The van der Waals surface area contributed by atoms with Gasteiger partial charge in [0.1, 0.15) is 17.2 Å². The standard InChI is InChI=1S/C17H13ClF3NO6/c1-16(22(24)25,15(23)26-2)28-12-5-3-4-11(9-12)27-14-7-6-10(8-13(14)18)17(19,20)21/h3-9H,1-2H3. The van der Waals surface area contributed by atoms with Gasteiger partial charge in [-0.15, -0.1) is 0 Å². The third-order valence-corrected chi connectivity index (χ3v) is 3.82. The maximum absolute atomic E-state index is 12.7. The maximum Gasteiger partial charge on any atom is 0.458 e. The van der Waals surface area contributed by atoms with Gasteiger partial charge in [0.25, 0.3) is 0 Å². The summed E-state index contributed by atoms with van der Waals surface area (Å²) in [6.07, 6.45) is -4.56. The zero-order valence-electron chi connectivity index (χ0n) is 14.5. The molecule has 0 radical (unpaired) electrons. The van der Waals surface area contributed by atoms with Crippen LogP contribution in [0.25, 0.3) is 0 Å². The number of carbonyl (C=O) groups excluding carboxylic acids is 1. The molecule has 11 heteroatoms. The third-order valence-electron chi connectivity index (χ3n) is 3.52. The van der Waals surface area contributed by atoms with E-state index in [1.54, 1.807) is 0 Å². The number of alkyl halides is 3. The Kier molecular flexibility index (Phi) is 6.03. The van der Waals surface area contributed by atoms with Crippen molar-refractivity contribution in [1.82, 2.24) is 0 Å². The summed E-state index contributed by atoms with van der Waals surface area (Å²) in [6.45, 7) is 0.916. The first-order valence-corrected chi connectivity index (χ1v) is 7.92. The SMILES string of the molecule is COC(=O)C(C)(Oc1cccc(Oc2ccc(C(F)(F)F)cc2Cl)c1)[N+](=O)[O-]. The van der Waals surface area contributed by atoms with Gasteiger partial charge < -0.3 is 14.2 Å². The number of hydrogen-bond acceptors (Lipinski definition) is 6. The summed E-state index contributed by atoms with van der Waals surface area (Å²) >= 11 is 5.83. The van der Waals surface area contributed by atoms with Crippen LogP contribution in [-0.4, -0.2) is 23.7 Å². The summed E-state index contributed by atoms with van der Waals surface area (Å²) in [5, 5.41) is 10.9. The molecule has 2 aromatic rings. The monoisotopic (exact) mass is 419 g/mol. The van der Waals surface area contributed by atoms with E-state index < -0.39 is 28.4 Å². The highest BCUT2D eigenvalue weighted by Gasteiger charge is 2.50. The van der Waals surface area contributed by atoms with Gasteiger partial charge in [0.15, 0.2) is 0 Å². The van der Waals surface area contributed by atoms with Gasteiger partial charge in [0.05, 0.1) is 29.5 Å². The average molecular weight is 420 g/mol. The molecule has 0 bridgehead atoms. The summed E-state index contributed by atoms with van der Waals surface area (Å²) in [5.41, 5.74) is -3.44. The van der Waals surface area contributed by atoms with Crippen LogP contribution in [0.1, 0.15) is 12.5 Å². The molecule has 1 unspecified atom stereocenters. The van der Waals surface area contributed by atoms with Gasteiger partial charge in [-0.2, -0.15) is 13.2 Å². The highest BCUT2D eigenvalue weighted by molar-refractivity contribution is 6.32. The lowest BCUT2D eigenvalue weighted by molar-refractivity contribution is -0.593. The molecule has 0 fully saturated rings. The number of methoxy groups -OCH3 is 1. The molecule has 0 saturated carbocycles. The first-order valence-electron chi connectivity index (χ1n) is 7.54. The molecule has 1 atom stereocenters. The molecular formula is C17H13ClF3NO6. The van der Waals surface area contributed by atoms with Crippen molar-refractivity contribution in [1.29, 1.82) is 0 Å². The Morgan fingerprint density at radius 2 is 1.79 bits per heavy atom. The van der Waals surface area contributed by atoms with E-state index in [2.05, 4.69) is 4.74 Å². The molecule has 0 aromatic heterocycles. The minimum Gasteiger partial charge on any atom is -0.461 e. The fraction of sp³-hybridized carbons (Fsp3) is 0.235. The summed E-state index contributed by atoms with van der Waals surface area (Å²) in [4.78, 5) is 21.9. The van der Waals surface area contributed by atoms with E-state index in [-0.39, 0.29) is 22.3 Å². The Hall–Kier alpha value is -3.01. The number of hydrogen-bond donors (Lipinski definition) is 0.